The summed E-state index contributed by atoms with van der Waals surface area (Å²) in [4.78, 5) is 28.4. The van der Waals surface area contributed by atoms with Gasteiger partial charge in [-0.2, -0.15) is 0 Å². The quantitative estimate of drug-likeness (QED) is 0.376. The van der Waals surface area contributed by atoms with Crippen molar-refractivity contribution in [2.45, 2.75) is 25.1 Å². The Labute approximate surface area is 241 Å². The van der Waals surface area contributed by atoms with E-state index in [4.69, 9.17) is 52.1 Å². The minimum absolute atomic E-state index is 0.00982. The zero-order valence-corrected chi connectivity index (χ0v) is 23.9. The number of hydrogen-bond acceptors (Lipinski definition) is 10. The highest BCUT2D eigenvalue weighted by molar-refractivity contribution is 6.41. The van der Waals surface area contributed by atoms with E-state index in [9.17, 15) is 4.79 Å². The number of aromatic nitrogens is 3. The molecular weight excluding hydrogens is 559 g/mol. The fourth-order valence-electron chi connectivity index (χ4n) is 4.81. The van der Waals surface area contributed by atoms with Gasteiger partial charge < -0.3 is 34.5 Å². The number of fused-ring (bicyclic) bond motifs is 1. The third-order valence-electron chi connectivity index (χ3n) is 6.83. The molecular formula is C27H30Cl2N6O5. The van der Waals surface area contributed by atoms with E-state index in [-0.39, 0.29) is 34.1 Å². The van der Waals surface area contributed by atoms with Crippen LogP contribution in [0.4, 0.5) is 11.6 Å². The highest BCUT2D eigenvalue weighted by Gasteiger charge is 2.30. The van der Waals surface area contributed by atoms with Crippen molar-refractivity contribution in [2.75, 3.05) is 57.3 Å². The number of halogens is 2. The number of hydrogen-bond donors (Lipinski definition) is 2. The molecule has 1 unspecified atom stereocenters. The molecule has 3 atom stereocenters. The lowest BCUT2D eigenvalue weighted by atomic mass is 10.1. The summed E-state index contributed by atoms with van der Waals surface area (Å²) in [5.41, 5.74) is 0.993. The molecule has 1 aromatic carbocycles. The Balaban J connectivity index is 1.60. The topological polar surface area (TPSA) is 120 Å². The van der Waals surface area contributed by atoms with Crippen LogP contribution < -0.4 is 25.0 Å². The molecule has 5 rings (SSSR count). The van der Waals surface area contributed by atoms with E-state index in [2.05, 4.69) is 27.1 Å². The highest BCUT2D eigenvalue weighted by Crippen LogP contribution is 2.45. The molecule has 0 aliphatic carbocycles. The summed E-state index contributed by atoms with van der Waals surface area (Å²) in [5, 5.41) is 7.61. The lowest BCUT2D eigenvalue weighted by molar-refractivity contribution is -0.117. The van der Waals surface area contributed by atoms with Crippen molar-refractivity contribution in [3.8, 4) is 22.9 Å². The Kier molecular flexibility index (Phi) is 8.46. The summed E-state index contributed by atoms with van der Waals surface area (Å²) in [7, 11) is 3.03. The van der Waals surface area contributed by atoms with Crippen LogP contribution in [0.5, 0.6) is 11.5 Å². The van der Waals surface area contributed by atoms with Crippen molar-refractivity contribution in [2.24, 2.45) is 0 Å². The van der Waals surface area contributed by atoms with E-state index in [1.54, 1.807) is 12.3 Å². The molecule has 1 amide bonds. The van der Waals surface area contributed by atoms with Gasteiger partial charge in [0.2, 0.25) is 5.91 Å². The Morgan fingerprint density at radius 2 is 1.88 bits per heavy atom. The van der Waals surface area contributed by atoms with Crippen molar-refractivity contribution in [1.82, 2.24) is 20.3 Å². The van der Waals surface area contributed by atoms with Crippen LogP contribution in [0.1, 0.15) is 6.92 Å². The maximum Gasteiger partial charge on any atom is 0.243 e. The van der Waals surface area contributed by atoms with Crippen molar-refractivity contribution in [3.05, 3.63) is 41.0 Å². The molecule has 2 saturated heterocycles. The molecule has 0 spiro atoms. The first-order valence-electron chi connectivity index (χ1n) is 12.7. The van der Waals surface area contributed by atoms with E-state index in [0.717, 1.165) is 5.39 Å². The van der Waals surface area contributed by atoms with Crippen molar-refractivity contribution < 1.29 is 23.7 Å². The normalized spacial score (nSPS) is 20.8. The third kappa shape index (κ3) is 5.60. The zero-order valence-electron chi connectivity index (χ0n) is 22.4. The summed E-state index contributed by atoms with van der Waals surface area (Å²) in [6, 6.07) is 3.11. The van der Waals surface area contributed by atoms with Gasteiger partial charge in [-0.15, -0.1) is 0 Å². The van der Waals surface area contributed by atoms with Gasteiger partial charge in [0.1, 0.15) is 23.1 Å². The third-order valence-corrected chi connectivity index (χ3v) is 7.58. The fourth-order valence-corrected chi connectivity index (χ4v) is 5.48. The molecule has 2 fully saturated rings. The summed E-state index contributed by atoms with van der Waals surface area (Å²) < 4.78 is 22.3. The molecule has 40 heavy (non-hydrogen) atoms. The standard InChI is InChI=1S/C27H30Cl2N6O5/c1-5-22(36)32-18-13-39-12-17(18)31-21-8-15-16(10-30-21)33-26(34-27(15)35-6-7-40-14(2)11-35)23-24(28)19(37-3)9-20(38-4)25(23)29/h5,8-10,14,17-18H,1,6-7,11-13H2,2-4H3,(H,30,31)(H,32,36)/t14?,17-,18+/m1/s1. The number of rotatable bonds is 8. The number of nitrogens with one attached hydrogen (secondary N) is 2. The van der Waals surface area contributed by atoms with E-state index in [1.807, 2.05) is 13.0 Å². The fraction of sp³-hybridized carbons (Fsp3) is 0.407. The second-order valence-corrected chi connectivity index (χ2v) is 10.2. The molecule has 2 aliphatic heterocycles. The van der Waals surface area contributed by atoms with Crippen molar-refractivity contribution in [1.29, 1.82) is 0 Å². The Morgan fingerprint density at radius 1 is 1.15 bits per heavy atom. The molecule has 2 aromatic heterocycles. The number of morpholine rings is 1. The monoisotopic (exact) mass is 588 g/mol. The highest BCUT2D eigenvalue weighted by atomic mass is 35.5. The van der Waals surface area contributed by atoms with Crippen LogP contribution in [0.15, 0.2) is 31.0 Å². The van der Waals surface area contributed by atoms with Crippen LogP contribution >= 0.6 is 23.2 Å². The molecule has 0 bridgehead atoms. The van der Waals surface area contributed by atoms with E-state index < -0.39 is 0 Å². The number of benzene rings is 1. The zero-order chi connectivity index (χ0) is 28.4. The number of amides is 1. The van der Waals surface area contributed by atoms with Gasteiger partial charge in [0.25, 0.3) is 0 Å². The molecule has 212 valence electrons. The Morgan fingerprint density at radius 3 is 2.55 bits per heavy atom. The molecule has 11 nitrogen and oxygen atoms in total. The molecule has 0 saturated carbocycles. The molecule has 2 N–H and O–H groups in total. The minimum Gasteiger partial charge on any atom is -0.495 e. The lowest BCUT2D eigenvalue weighted by Gasteiger charge is -2.33. The minimum atomic E-state index is -0.259. The average Bonchev–Trinajstić information content (AvgIpc) is 3.38. The summed E-state index contributed by atoms with van der Waals surface area (Å²) in [5.74, 6) is 2.11. The first kappa shape index (κ1) is 28.2. The molecule has 2 aliphatic rings. The van der Waals surface area contributed by atoms with Crippen LogP contribution in [-0.4, -0.2) is 86.2 Å². The Hall–Kier alpha value is -3.38. The van der Waals surface area contributed by atoms with Gasteiger partial charge in [-0.1, -0.05) is 29.8 Å². The van der Waals surface area contributed by atoms with Crippen molar-refractivity contribution in [3.63, 3.8) is 0 Å². The largest absolute Gasteiger partial charge is 0.495 e. The predicted molar refractivity (Wildman–Crippen MR) is 154 cm³/mol. The first-order chi connectivity index (χ1) is 19.3. The molecule has 3 aromatic rings. The number of anilines is 2. The number of pyridine rings is 1. The van der Waals surface area contributed by atoms with E-state index in [1.165, 1.54) is 20.3 Å². The van der Waals surface area contributed by atoms with Gasteiger partial charge in [-0.3, -0.25) is 4.79 Å². The predicted octanol–water partition coefficient (Wildman–Crippen LogP) is 3.72. The molecule has 4 heterocycles. The smallest absolute Gasteiger partial charge is 0.243 e. The second-order valence-electron chi connectivity index (χ2n) is 9.48. The van der Waals surface area contributed by atoms with Gasteiger partial charge in [-0.05, 0) is 19.1 Å². The number of nitrogens with zero attached hydrogens (tertiary/aromatic N) is 4. The number of carbonyl (C=O) groups excluding carboxylic acids is 1. The van der Waals surface area contributed by atoms with Crippen molar-refractivity contribution >= 4 is 51.6 Å². The number of methoxy groups -OCH3 is 2. The summed E-state index contributed by atoms with van der Waals surface area (Å²) in [6.45, 7) is 8.16. The van der Waals surface area contributed by atoms with Crippen LogP contribution in [0.2, 0.25) is 10.0 Å². The second kappa shape index (κ2) is 12.0. The maximum atomic E-state index is 11.9. The molecule has 0 radical (unpaired) electrons. The van der Waals surface area contributed by atoms with Crippen LogP contribution in [0, 0.1) is 0 Å². The van der Waals surface area contributed by atoms with E-state index >= 15 is 0 Å². The lowest BCUT2D eigenvalue weighted by Crippen LogP contribution is -2.45. The number of ether oxygens (including phenoxy) is 4. The molecule has 13 heteroatoms. The first-order valence-corrected chi connectivity index (χ1v) is 13.5. The average molecular weight is 589 g/mol. The summed E-state index contributed by atoms with van der Waals surface area (Å²) in [6.07, 6.45) is 2.92. The number of carbonyl (C=O) groups is 1. The van der Waals surface area contributed by atoms with Crippen LogP contribution in [0.3, 0.4) is 0 Å². The van der Waals surface area contributed by atoms with Crippen LogP contribution in [0.25, 0.3) is 22.3 Å². The maximum absolute atomic E-state index is 11.9. The van der Waals surface area contributed by atoms with Gasteiger partial charge in [-0.25, -0.2) is 15.0 Å². The van der Waals surface area contributed by atoms with Gasteiger partial charge >= 0.3 is 0 Å². The Bertz CT molecular complexity index is 1410. The summed E-state index contributed by atoms with van der Waals surface area (Å²) >= 11 is 13.4. The van der Waals surface area contributed by atoms with Gasteiger partial charge in [0.15, 0.2) is 5.82 Å². The van der Waals surface area contributed by atoms with Gasteiger partial charge in [0, 0.05) is 24.5 Å². The van der Waals surface area contributed by atoms with E-state index in [0.29, 0.717) is 72.9 Å². The van der Waals surface area contributed by atoms with Crippen LogP contribution in [-0.2, 0) is 14.3 Å². The van der Waals surface area contributed by atoms with Gasteiger partial charge in [0.05, 0.1) is 79.6 Å². The SMILES string of the molecule is C=CC(=O)N[C@H]1COC[C@H]1Nc1cc2c(N3CCOC(C)C3)nc(-c3c(Cl)c(OC)cc(OC)c3Cl)nc2cn1.